The standard InChI is InChI=1S/C11H22N2O3S.ClH/c1-9-10(2)13(7-6-12-9)11(14)5-4-8-17(3,15)16;/h9-10,12H,4-8H2,1-3H3;1H. The predicted octanol–water partition coefficient (Wildman–Crippen LogP) is 0.442. The third kappa shape index (κ3) is 5.54. The van der Waals surface area contributed by atoms with Gasteiger partial charge in [-0.3, -0.25) is 4.79 Å². The van der Waals surface area contributed by atoms with Crippen molar-refractivity contribution < 1.29 is 13.2 Å². The lowest BCUT2D eigenvalue weighted by Gasteiger charge is -2.38. The summed E-state index contributed by atoms with van der Waals surface area (Å²) < 4.78 is 21.9. The molecule has 18 heavy (non-hydrogen) atoms. The quantitative estimate of drug-likeness (QED) is 0.818. The second-order valence-corrected chi connectivity index (χ2v) is 7.06. The monoisotopic (exact) mass is 298 g/mol. The number of carbonyl (C=O) groups excluding carboxylic acids is 1. The fourth-order valence-corrected chi connectivity index (χ4v) is 2.71. The van der Waals surface area contributed by atoms with Crippen molar-refractivity contribution in [3.05, 3.63) is 0 Å². The second-order valence-electron chi connectivity index (χ2n) is 4.80. The van der Waals surface area contributed by atoms with Gasteiger partial charge in [-0.15, -0.1) is 12.4 Å². The maximum absolute atomic E-state index is 11.9. The van der Waals surface area contributed by atoms with Crippen molar-refractivity contribution in [2.45, 2.75) is 38.8 Å². The Labute approximate surface area is 116 Å². The van der Waals surface area contributed by atoms with E-state index in [9.17, 15) is 13.2 Å². The first-order valence-electron chi connectivity index (χ1n) is 6.02. The van der Waals surface area contributed by atoms with Gasteiger partial charge in [-0.2, -0.15) is 0 Å². The van der Waals surface area contributed by atoms with Gasteiger partial charge in [0.1, 0.15) is 9.84 Å². The highest BCUT2D eigenvalue weighted by molar-refractivity contribution is 7.90. The molecule has 1 heterocycles. The first-order chi connectivity index (χ1) is 7.81. The molecule has 1 rings (SSSR count). The minimum atomic E-state index is -2.96. The van der Waals surface area contributed by atoms with Gasteiger partial charge in [-0.25, -0.2) is 8.42 Å². The Morgan fingerprint density at radius 2 is 2.00 bits per heavy atom. The van der Waals surface area contributed by atoms with Gasteiger partial charge in [0, 0.05) is 37.8 Å². The molecular weight excluding hydrogens is 276 g/mol. The zero-order valence-electron chi connectivity index (χ0n) is 11.2. The number of nitrogens with zero attached hydrogens (tertiary/aromatic N) is 1. The molecule has 0 saturated carbocycles. The van der Waals surface area contributed by atoms with Crippen LogP contribution in [0.3, 0.4) is 0 Å². The van der Waals surface area contributed by atoms with Crippen LogP contribution < -0.4 is 5.32 Å². The number of piperazine rings is 1. The second kappa shape index (κ2) is 7.31. The minimum absolute atomic E-state index is 0. The Morgan fingerprint density at radius 1 is 1.39 bits per heavy atom. The first-order valence-corrected chi connectivity index (χ1v) is 8.08. The van der Waals surface area contributed by atoms with Gasteiger partial charge >= 0.3 is 0 Å². The van der Waals surface area contributed by atoms with E-state index >= 15 is 0 Å². The topological polar surface area (TPSA) is 66.5 Å². The number of sulfone groups is 1. The third-order valence-corrected chi connectivity index (χ3v) is 4.29. The van der Waals surface area contributed by atoms with Gasteiger partial charge in [0.2, 0.25) is 5.91 Å². The summed E-state index contributed by atoms with van der Waals surface area (Å²) in [7, 11) is -2.96. The molecular formula is C11H23ClN2O3S. The molecule has 1 aliphatic heterocycles. The Balaban J connectivity index is 0.00000289. The van der Waals surface area contributed by atoms with Crippen molar-refractivity contribution in [1.82, 2.24) is 10.2 Å². The summed E-state index contributed by atoms with van der Waals surface area (Å²) in [6.07, 6.45) is 1.94. The normalized spacial score (nSPS) is 24.5. The van der Waals surface area contributed by atoms with Crippen LogP contribution in [-0.2, 0) is 14.6 Å². The molecule has 108 valence electrons. The van der Waals surface area contributed by atoms with Crippen LogP contribution in [0.1, 0.15) is 26.7 Å². The van der Waals surface area contributed by atoms with E-state index in [0.29, 0.717) is 25.4 Å². The fourth-order valence-electron chi connectivity index (χ4n) is 2.04. The van der Waals surface area contributed by atoms with Gasteiger partial charge in [-0.1, -0.05) is 0 Å². The number of carbonyl (C=O) groups is 1. The van der Waals surface area contributed by atoms with Gasteiger partial charge in [-0.05, 0) is 20.3 Å². The molecule has 0 aromatic carbocycles. The number of hydrogen-bond acceptors (Lipinski definition) is 4. The first kappa shape index (κ1) is 17.7. The zero-order chi connectivity index (χ0) is 13.1. The van der Waals surface area contributed by atoms with Crippen LogP contribution in [0.4, 0.5) is 0 Å². The Bertz CT molecular complexity index is 372. The molecule has 0 bridgehead atoms. The highest BCUT2D eigenvalue weighted by Gasteiger charge is 2.27. The number of amides is 1. The number of nitrogens with one attached hydrogen (secondary N) is 1. The van der Waals surface area contributed by atoms with Crippen LogP contribution >= 0.6 is 12.4 Å². The number of halogens is 1. The van der Waals surface area contributed by atoms with Gasteiger partial charge in [0.25, 0.3) is 0 Å². The molecule has 1 amide bonds. The molecule has 5 nitrogen and oxygen atoms in total. The summed E-state index contributed by atoms with van der Waals surface area (Å²) in [5, 5.41) is 3.31. The van der Waals surface area contributed by atoms with E-state index in [4.69, 9.17) is 0 Å². The van der Waals surface area contributed by atoms with Crippen LogP contribution in [-0.4, -0.2) is 56.4 Å². The van der Waals surface area contributed by atoms with E-state index in [0.717, 1.165) is 6.54 Å². The zero-order valence-corrected chi connectivity index (χ0v) is 12.8. The molecule has 0 aliphatic carbocycles. The summed E-state index contributed by atoms with van der Waals surface area (Å²) in [5.74, 6) is 0.156. The third-order valence-electron chi connectivity index (χ3n) is 3.26. The molecule has 1 aliphatic rings. The summed E-state index contributed by atoms with van der Waals surface area (Å²) in [4.78, 5) is 13.8. The largest absolute Gasteiger partial charge is 0.337 e. The molecule has 1 saturated heterocycles. The highest BCUT2D eigenvalue weighted by atomic mass is 35.5. The van der Waals surface area contributed by atoms with E-state index in [-0.39, 0.29) is 30.1 Å². The van der Waals surface area contributed by atoms with Crippen molar-refractivity contribution in [3.63, 3.8) is 0 Å². The number of rotatable bonds is 4. The average molecular weight is 299 g/mol. The lowest BCUT2D eigenvalue weighted by molar-refractivity contribution is -0.134. The van der Waals surface area contributed by atoms with Crippen LogP contribution in [0.2, 0.25) is 0 Å². The van der Waals surface area contributed by atoms with Crippen molar-refractivity contribution in [2.75, 3.05) is 25.1 Å². The van der Waals surface area contributed by atoms with Gasteiger partial charge in [0.05, 0.1) is 5.75 Å². The van der Waals surface area contributed by atoms with Crippen LogP contribution in [0.15, 0.2) is 0 Å². The van der Waals surface area contributed by atoms with Crippen LogP contribution in [0.25, 0.3) is 0 Å². The molecule has 1 N–H and O–H groups in total. The Morgan fingerprint density at radius 3 is 2.56 bits per heavy atom. The summed E-state index contributed by atoms with van der Waals surface area (Å²) >= 11 is 0. The van der Waals surface area contributed by atoms with E-state index in [1.165, 1.54) is 6.26 Å². The van der Waals surface area contributed by atoms with Crippen molar-refractivity contribution in [1.29, 1.82) is 0 Å². The molecule has 2 atom stereocenters. The maximum atomic E-state index is 11.9. The molecule has 7 heteroatoms. The van der Waals surface area contributed by atoms with Crippen molar-refractivity contribution in [2.24, 2.45) is 0 Å². The lowest BCUT2D eigenvalue weighted by Crippen LogP contribution is -2.57. The SMILES string of the molecule is CC1NCCN(C(=O)CCCS(C)(=O)=O)C1C.Cl. The van der Waals surface area contributed by atoms with E-state index in [1.807, 2.05) is 11.8 Å². The molecule has 0 radical (unpaired) electrons. The van der Waals surface area contributed by atoms with Crippen molar-refractivity contribution >= 4 is 28.2 Å². The maximum Gasteiger partial charge on any atom is 0.222 e. The molecule has 2 unspecified atom stereocenters. The molecule has 0 aromatic heterocycles. The Hall–Kier alpha value is -0.330. The van der Waals surface area contributed by atoms with Gasteiger partial charge in [0.15, 0.2) is 0 Å². The molecule has 1 fully saturated rings. The fraction of sp³-hybridized carbons (Fsp3) is 0.909. The van der Waals surface area contributed by atoms with Gasteiger partial charge < -0.3 is 10.2 Å². The lowest BCUT2D eigenvalue weighted by atomic mass is 10.1. The summed E-state index contributed by atoms with van der Waals surface area (Å²) in [5.41, 5.74) is 0. The van der Waals surface area contributed by atoms with Crippen molar-refractivity contribution in [3.8, 4) is 0 Å². The van der Waals surface area contributed by atoms with Crippen LogP contribution in [0.5, 0.6) is 0 Å². The molecule has 0 aromatic rings. The predicted molar refractivity (Wildman–Crippen MR) is 74.8 cm³/mol. The summed E-state index contributed by atoms with van der Waals surface area (Å²) in [6.45, 7) is 5.60. The van der Waals surface area contributed by atoms with E-state index < -0.39 is 9.84 Å². The molecule has 0 spiro atoms. The van der Waals surface area contributed by atoms with E-state index in [2.05, 4.69) is 12.2 Å². The Kier molecular flexibility index (Phi) is 7.17. The smallest absolute Gasteiger partial charge is 0.222 e. The number of hydrogen-bond donors (Lipinski definition) is 1. The van der Waals surface area contributed by atoms with Crippen LogP contribution in [0, 0.1) is 0 Å². The minimum Gasteiger partial charge on any atom is -0.337 e. The highest BCUT2D eigenvalue weighted by Crippen LogP contribution is 2.11. The summed E-state index contributed by atoms with van der Waals surface area (Å²) in [6, 6.07) is 0.470. The van der Waals surface area contributed by atoms with E-state index in [1.54, 1.807) is 0 Å². The average Bonchev–Trinajstić information content (AvgIpc) is 2.20.